The molecule has 0 spiro atoms. The minimum absolute atomic E-state index is 0.0850. The fourth-order valence-electron chi connectivity index (χ4n) is 18.1. The number of fused-ring (bicyclic) bond motifs is 6. The van der Waals surface area contributed by atoms with Gasteiger partial charge >= 0.3 is 0 Å². The van der Waals surface area contributed by atoms with E-state index in [9.17, 15) is 0 Å². The molecule has 17 rings (SSSR count). The molecule has 0 saturated carbocycles. The van der Waals surface area contributed by atoms with Crippen LogP contribution in [0, 0.1) is 0 Å². The number of para-hydroxylation sites is 2. The number of rotatable bonds is 18. The SMILES string of the molecule is CC(C)c1cccc(C(C)C)c1N1C(=O)c2cc(Oc3ccc4ccccc4c3C(C)C)c3c4c(Oc5ccc6ccccc6c5C(C)C)cc5c6c(cc(Oc7ccc8ccccc8c7C(C)C)c(c7c(Oc8ccc9ccccc9c8C(C)C)cc(c2c37)C1=O)c64)C(=O)N(c1c(C(C)C)cccc1C(C)C)C5=O. The standard InChI is InChI=1S/C100H90N2O8/c1-51(2)63-35-25-36-64(52(3)4)95(63)101-97(103)71-47-79(107-75-43-39-59-27-17-21-31-67(59)83(75)55(9)10)89-91-81(109-77-45-41-61-29-19-23-33-69(61)85(77)57(13)14)49-73-88-74(100(106)102(99(73)105)96-65(53(5)6)37-26-38-66(96)54(7)8)50-82(110-78-46-42-62-30-20-24-34-70(62)86(78)58(15)16)92(94(88)91)90-80(48-72(98(101)104)87(71)93(89)90)108-76-44-40-60-28-18-22-32-68(60)84(76)56(11)12/h17-58H,1-16H3. The number of carbonyl (C=O) groups excluding carboxylic acids is 4. The Kier molecular flexibility index (Phi) is 17.5. The Morgan fingerprint density at radius 1 is 0.218 bits per heavy atom. The zero-order valence-corrected chi connectivity index (χ0v) is 65.4. The van der Waals surface area contributed by atoms with E-state index in [-0.39, 0.29) is 92.6 Å². The number of hydrogen-bond acceptors (Lipinski definition) is 8. The molecule has 15 aromatic rings. The van der Waals surface area contributed by atoms with Crippen LogP contribution in [0.5, 0.6) is 46.0 Å². The summed E-state index contributed by atoms with van der Waals surface area (Å²) < 4.78 is 31.8. The van der Waals surface area contributed by atoms with Crippen LogP contribution in [0.15, 0.2) is 206 Å². The molecule has 4 amide bonds. The Labute approximate surface area is 642 Å². The molecule has 2 aliphatic rings. The van der Waals surface area contributed by atoms with Gasteiger partial charge in [-0.3, -0.25) is 19.2 Å². The van der Waals surface area contributed by atoms with Gasteiger partial charge in [-0.05, 0) is 161 Å². The third-order valence-electron chi connectivity index (χ3n) is 22.9. The van der Waals surface area contributed by atoms with Crippen LogP contribution in [-0.4, -0.2) is 23.6 Å². The van der Waals surface area contributed by atoms with E-state index in [4.69, 9.17) is 18.9 Å². The van der Waals surface area contributed by atoms with Gasteiger partial charge in [0.05, 0.1) is 33.6 Å². The van der Waals surface area contributed by atoms with Crippen LogP contribution in [-0.2, 0) is 0 Å². The number of carbonyl (C=O) groups is 4. The number of amides is 4. The molecule has 15 aromatic carbocycles. The first-order chi connectivity index (χ1) is 52.9. The first kappa shape index (κ1) is 71.1. The Bertz CT molecular complexity index is 5670. The average molecular weight is 1450 g/mol. The van der Waals surface area contributed by atoms with E-state index in [2.05, 4.69) is 184 Å². The number of imide groups is 2. The van der Waals surface area contributed by atoms with Gasteiger partial charge in [0, 0.05) is 65.3 Å². The van der Waals surface area contributed by atoms with E-state index in [1.165, 1.54) is 9.80 Å². The first-order valence-electron chi connectivity index (χ1n) is 39.1. The van der Waals surface area contributed by atoms with Gasteiger partial charge in [-0.2, -0.15) is 0 Å². The van der Waals surface area contributed by atoms with E-state index in [0.29, 0.717) is 77.5 Å². The minimum Gasteiger partial charge on any atom is -0.456 e. The lowest BCUT2D eigenvalue weighted by molar-refractivity contribution is 0.0877. The Balaban J connectivity index is 1.13. The molecule has 2 heterocycles. The summed E-state index contributed by atoms with van der Waals surface area (Å²) in [5.41, 5.74) is 9.03. The van der Waals surface area contributed by atoms with Crippen molar-refractivity contribution >= 4 is 121 Å². The molecule has 0 radical (unpaired) electrons. The van der Waals surface area contributed by atoms with Crippen molar-refractivity contribution < 1.29 is 38.1 Å². The minimum atomic E-state index is -0.536. The molecule has 10 nitrogen and oxygen atoms in total. The third kappa shape index (κ3) is 11.1. The van der Waals surface area contributed by atoms with E-state index in [1.54, 1.807) is 0 Å². The van der Waals surface area contributed by atoms with Gasteiger partial charge in [-0.15, -0.1) is 0 Å². The van der Waals surface area contributed by atoms with Crippen LogP contribution in [0.3, 0.4) is 0 Å². The van der Waals surface area contributed by atoms with Gasteiger partial charge < -0.3 is 18.9 Å². The highest BCUT2D eigenvalue weighted by molar-refractivity contribution is 6.48. The summed E-state index contributed by atoms with van der Waals surface area (Å²) in [7, 11) is 0. The van der Waals surface area contributed by atoms with Gasteiger partial charge in [0.15, 0.2) is 0 Å². The predicted octanol–water partition coefficient (Wildman–Crippen LogP) is 28.1. The van der Waals surface area contributed by atoms with Crippen LogP contribution >= 0.6 is 0 Å². The Morgan fingerprint density at radius 2 is 0.436 bits per heavy atom. The Morgan fingerprint density at radius 3 is 0.645 bits per heavy atom. The van der Waals surface area contributed by atoms with Gasteiger partial charge in [0.2, 0.25) is 0 Å². The summed E-state index contributed by atoms with van der Waals surface area (Å²) in [6, 6.07) is 68.9. The topological polar surface area (TPSA) is 112 Å². The molecule has 2 aliphatic heterocycles. The molecule has 0 atom stereocenters. The van der Waals surface area contributed by atoms with Crippen molar-refractivity contribution in [2.45, 2.75) is 158 Å². The number of benzene rings is 15. The molecule has 110 heavy (non-hydrogen) atoms. The lowest BCUT2D eigenvalue weighted by atomic mass is 9.80. The molecule has 548 valence electrons. The van der Waals surface area contributed by atoms with Crippen LogP contribution in [0.1, 0.15) is 244 Å². The van der Waals surface area contributed by atoms with E-state index >= 15 is 19.2 Å². The van der Waals surface area contributed by atoms with Crippen LogP contribution < -0.4 is 28.7 Å². The number of anilines is 2. The van der Waals surface area contributed by atoms with Gasteiger partial charge in [-0.25, -0.2) is 9.80 Å². The zero-order valence-electron chi connectivity index (χ0n) is 65.4. The summed E-state index contributed by atoms with van der Waals surface area (Å²) in [6.45, 7) is 34.0. The summed E-state index contributed by atoms with van der Waals surface area (Å²) in [6.07, 6.45) is 0. The van der Waals surface area contributed by atoms with E-state index in [0.717, 1.165) is 87.6 Å². The zero-order chi connectivity index (χ0) is 76.9. The summed E-state index contributed by atoms with van der Waals surface area (Å²) in [5, 5.41) is 11.5. The maximum atomic E-state index is 17.1. The monoisotopic (exact) mass is 1450 g/mol. The maximum Gasteiger partial charge on any atom is 0.266 e. The van der Waals surface area contributed by atoms with Crippen molar-refractivity contribution in [1.82, 2.24) is 0 Å². The van der Waals surface area contributed by atoms with Crippen molar-refractivity contribution in [3.05, 3.63) is 273 Å². The van der Waals surface area contributed by atoms with Crippen molar-refractivity contribution in [3.63, 3.8) is 0 Å². The fourth-order valence-corrected chi connectivity index (χ4v) is 18.1. The van der Waals surface area contributed by atoms with Crippen LogP contribution in [0.25, 0.3) is 86.2 Å². The van der Waals surface area contributed by atoms with Gasteiger partial charge in [-0.1, -0.05) is 269 Å². The number of ether oxygens (including phenoxy) is 4. The second kappa shape index (κ2) is 27.1. The molecule has 0 aliphatic carbocycles. The van der Waals surface area contributed by atoms with Gasteiger partial charge in [0.25, 0.3) is 23.6 Å². The van der Waals surface area contributed by atoms with E-state index < -0.39 is 23.6 Å². The first-order valence-corrected chi connectivity index (χ1v) is 39.1. The summed E-state index contributed by atoms with van der Waals surface area (Å²) >= 11 is 0. The van der Waals surface area contributed by atoms with Crippen LogP contribution in [0.2, 0.25) is 0 Å². The molecule has 0 fully saturated rings. The predicted molar refractivity (Wildman–Crippen MR) is 452 cm³/mol. The molecule has 0 N–H and O–H groups in total. The van der Waals surface area contributed by atoms with Crippen molar-refractivity contribution in [2.24, 2.45) is 0 Å². The second-order valence-electron chi connectivity index (χ2n) is 32.6. The molecule has 0 unspecified atom stereocenters. The fraction of sp³-hybridized carbons (Fsp3) is 0.240. The normalized spacial score (nSPS) is 13.4. The molecule has 0 bridgehead atoms. The van der Waals surface area contributed by atoms with Gasteiger partial charge in [0.1, 0.15) is 46.0 Å². The van der Waals surface area contributed by atoms with Crippen molar-refractivity contribution in [3.8, 4) is 46.0 Å². The lowest BCUT2D eigenvalue weighted by Gasteiger charge is -2.35. The summed E-state index contributed by atoms with van der Waals surface area (Å²) in [4.78, 5) is 71.3. The average Bonchev–Trinajstić information content (AvgIpc) is 0.668. The smallest absolute Gasteiger partial charge is 0.266 e. The summed E-state index contributed by atoms with van der Waals surface area (Å²) in [5.74, 6) is 0.269. The molecular weight excluding hydrogens is 1360 g/mol. The molecule has 10 heteroatoms. The Hall–Kier alpha value is -11.9. The molecular formula is C100H90N2O8. The van der Waals surface area contributed by atoms with Crippen LogP contribution in [0.4, 0.5) is 11.4 Å². The number of nitrogens with zero attached hydrogens (tertiary/aromatic N) is 2. The quantitative estimate of drug-likeness (QED) is 0.0474. The molecule has 0 saturated heterocycles. The largest absolute Gasteiger partial charge is 0.456 e. The highest BCUT2D eigenvalue weighted by Gasteiger charge is 2.45. The number of hydrogen-bond donors (Lipinski definition) is 0. The lowest BCUT2D eigenvalue weighted by Crippen LogP contribution is -2.42. The van der Waals surface area contributed by atoms with E-state index in [1.807, 2.05) is 133 Å². The van der Waals surface area contributed by atoms with Crippen molar-refractivity contribution in [2.75, 3.05) is 9.80 Å². The molecule has 0 aromatic heterocycles. The third-order valence-corrected chi connectivity index (χ3v) is 22.9. The maximum absolute atomic E-state index is 17.1. The second-order valence-corrected chi connectivity index (χ2v) is 32.6. The highest BCUT2D eigenvalue weighted by atomic mass is 16.5. The highest BCUT2D eigenvalue weighted by Crippen LogP contribution is 2.60. The van der Waals surface area contributed by atoms with Crippen molar-refractivity contribution in [1.29, 1.82) is 0 Å².